The van der Waals surface area contributed by atoms with Gasteiger partial charge < -0.3 is 0 Å². The normalized spacial score (nSPS) is 24.3. The van der Waals surface area contributed by atoms with Crippen LogP contribution >= 0.6 is 0 Å². The van der Waals surface area contributed by atoms with E-state index in [1.165, 1.54) is 0 Å². The quantitative estimate of drug-likeness (QED) is 0.391. The zero-order valence-electron chi connectivity index (χ0n) is 4.59. The van der Waals surface area contributed by atoms with Gasteiger partial charge in [-0.05, 0) is 12.8 Å². The molecule has 0 fully saturated rings. The average molecular weight is 81.1 g/mol. The van der Waals surface area contributed by atoms with E-state index >= 15 is 0 Å². The van der Waals surface area contributed by atoms with Crippen molar-refractivity contribution in [2.75, 3.05) is 0 Å². The fourth-order valence-corrected chi connectivity index (χ4v) is 0.457. The molecule has 0 aromatic carbocycles. The van der Waals surface area contributed by atoms with Crippen LogP contribution in [0.1, 0.15) is 14.2 Å². The standard InChI is InChI=1S/C6H8/c1-2-4-6-5-3-1/h1-2,5-6H,3-4H2/i3D. The Bertz CT molecular complexity index is 90.7. The van der Waals surface area contributed by atoms with Crippen molar-refractivity contribution in [1.82, 2.24) is 0 Å². The van der Waals surface area contributed by atoms with Gasteiger partial charge in [-0.3, -0.25) is 0 Å². The summed E-state index contributed by atoms with van der Waals surface area (Å²) in [6, 6.07) is 0. The number of allylic oxidation sites excluding steroid dienone is 4. The summed E-state index contributed by atoms with van der Waals surface area (Å²) in [5, 5.41) is 0. The Balaban J connectivity index is 2.49. The van der Waals surface area contributed by atoms with E-state index in [2.05, 4.69) is 0 Å². The van der Waals surface area contributed by atoms with Crippen molar-refractivity contribution in [2.45, 2.75) is 12.8 Å². The fraction of sp³-hybridized carbons (Fsp3) is 0.333. The van der Waals surface area contributed by atoms with Crippen molar-refractivity contribution >= 4 is 0 Å². The molecule has 0 spiro atoms. The number of hydrogen-bond donors (Lipinski definition) is 0. The summed E-state index contributed by atoms with van der Waals surface area (Å²) in [5.74, 6) is 0. The summed E-state index contributed by atoms with van der Waals surface area (Å²) in [5.41, 5.74) is 0. The lowest BCUT2D eigenvalue weighted by atomic mass is 10.2. The third-order valence-electron chi connectivity index (χ3n) is 0.767. The Hall–Kier alpha value is -0.520. The van der Waals surface area contributed by atoms with Crippen molar-refractivity contribution in [3.05, 3.63) is 24.3 Å². The molecule has 1 aliphatic carbocycles. The molecule has 0 aromatic rings. The lowest BCUT2D eigenvalue weighted by Crippen LogP contribution is -1.66. The van der Waals surface area contributed by atoms with Crippen LogP contribution in [0.4, 0.5) is 0 Å². The minimum Gasteiger partial charge on any atom is -0.0844 e. The maximum atomic E-state index is 7.10. The smallest absolute Gasteiger partial charge is 0.0353 e. The van der Waals surface area contributed by atoms with Crippen molar-refractivity contribution < 1.29 is 1.37 Å². The van der Waals surface area contributed by atoms with Crippen LogP contribution in [0.2, 0.25) is 0 Å². The summed E-state index contributed by atoms with van der Waals surface area (Å²) in [4.78, 5) is 0. The monoisotopic (exact) mass is 81.1 g/mol. The van der Waals surface area contributed by atoms with Gasteiger partial charge in [-0.1, -0.05) is 24.3 Å². The molecule has 0 saturated carbocycles. The van der Waals surface area contributed by atoms with E-state index in [0.29, 0.717) is 0 Å². The lowest BCUT2D eigenvalue weighted by Gasteiger charge is -1.87. The summed E-state index contributed by atoms with van der Waals surface area (Å²) >= 11 is 0. The zero-order valence-corrected chi connectivity index (χ0v) is 3.59. The first kappa shape index (κ1) is 2.62. The Kier molecular flexibility index (Phi) is 0.789. The highest BCUT2D eigenvalue weighted by Crippen LogP contribution is 1.97. The molecule has 0 N–H and O–H groups in total. The van der Waals surface area contributed by atoms with Crippen LogP contribution in [-0.2, 0) is 0 Å². The molecule has 0 unspecified atom stereocenters. The molecule has 6 heavy (non-hydrogen) atoms. The van der Waals surface area contributed by atoms with E-state index in [1.54, 1.807) is 0 Å². The first-order valence-corrected chi connectivity index (χ1v) is 2.15. The molecule has 0 atom stereocenters. The van der Waals surface area contributed by atoms with Gasteiger partial charge in [0.1, 0.15) is 0 Å². The lowest BCUT2D eigenvalue weighted by molar-refractivity contribution is 1.23. The highest BCUT2D eigenvalue weighted by molar-refractivity contribution is 5.02. The minimum atomic E-state index is -0.0752. The maximum absolute atomic E-state index is 7.10. The van der Waals surface area contributed by atoms with Crippen molar-refractivity contribution in [1.29, 1.82) is 0 Å². The fourth-order valence-electron chi connectivity index (χ4n) is 0.457. The SMILES string of the molecule is [2H]C1C=CCC=C1. The van der Waals surface area contributed by atoms with E-state index in [1.807, 2.05) is 24.3 Å². The van der Waals surface area contributed by atoms with Gasteiger partial charge in [0, 0.05) is 1.37 Å². The molecular formula is C6H8. The van der Waals surface area contributed by atoms with Crippen molar-refractivity contribution in [3.63, 3.8) is 0 Å². The summed E-state index contributed by atoms with van der Waals surface area (Å²) < 4.78 is 7.10. The molecule has 32 valence electrons. The van der Waals surface area contributed by atoms with Gasteiger partial charge in [0.25, 0.3) is 0 Å². The summed E-state index contributed by atoms with van der Waals surface area (Å²) in [6.45, 7) is 0. The average Bonchev–Trinajstić information content (AvgIpc) is 1.69. The van der Waals surface area contributed by atoms with Gasteiger partial charge in [-0.2, -0.15) is 0 Å². The number of hydrogen-bond acceptors (Lipinski definition) is 0. The molecular weight excluding hydrogens is 72.1 g/mol. The second-order valence-corrected chi connectivity index (χ2v) is 1.28. The number of rotatable bonds is 0. The van der Waals surface area contributed by atoms with Gasteiger partial charge in [-0.15, -0.1) is 0 Å². The summed E-state index contributed by atoms with van der Waals surface area (Å²) in [7, 11) is 0. The zero-order chi connectivity index (χ0) is 5.11. The maximum Gasteiger partial charge on any atom is 0.0353 e. The summed E-state index contributed by atoms with van der Waals surface area (Å²) in [6.07, 6.45) is 8.74. The van der Waals surface area contributed by atoms with Crippen LogP contribution in [-0.4, -0.2) is 0 Å². The Labute approximate surface area is 39.6 Å². The van der Waals surface area contributed by atoms with E-state index in [9.17, 15) is 0 Å². The highest BCUT2D eigenvalue weighted by Gasteiger charge is 1.76. The second kappa shape index (κ2) is 1.81. The molecule has 0 heteroatoms. The Morgan fingerprint density at radius 2 is 1.83 bits per heavy atom. The second-order valence-electron chi connectivity index (χ2n) is 1.28. The van der Waals surface area contributed by atoms with Crippen LogP contribution < -0.4 is 0 Å². The molecule has 0 nitrogen and oxygen atoms in total. The van der Waals surface area contributed by atoms with Gasteiger partial charge in [-0.25, -0.2) is 0 Å². The van der Waals surface area contributed by atoms with E-state index in [4.69, 9.17) is 1.37 Å². The van der Waals surface area contributed by atoms with Gasteiger partial charge in [0.15, 0.2) is 0 Å². The van der Waals surface area contributed by atoms with Gasteiger partial charge in [0.05, 0.1) is 0 Å². The first-order valence-electron chi connectivity index (χ1n) is 2.73. The van der Waals surface area contributed by atoms with E-state index in [-0.39, 0.29) is 6.40 Å². The largest absolute Gasteiger partial charge is 0.0844 e. The van der Waals surface area contributed by atoms with Crippen LogP contribution in [0.3, 0.4) is 0 Å². The van der Waals surface area contributed by atoms with Crippen LogP contribution in [0.5, 0.6) is 0 Å². The van der Waals surface area contributed by atoms with Gasteiger partial charge >= 0.3 is 0 Å². The molecule has 0 bridgehead atoms. The van der Waals surface area contributed by atoms with Crippen molar-refractivity contribution in [3.8, 4) is 0 Å². The van der Waals surface area contributed by atoms with E-state index in [0.717, 1.165) is 6.42 Å². The minimum absolute atomic E-state index is 0.0752. The predicted octanol–water partition coefficient (Wildman–Crippen LogP) is 1.89. The molecule has 0 radical (unpaired) electrons. The van der Waals surface area contributed by atoms with E-state index < -0.39 is 0 Å². The molecule has 1 aliphatic rings. The molecule has 0 aliphatic heterocycles. The van der Waals surface area contributed by atoms with Gasteiger partial charge in [0.2, 0.25) is 0 Å². The third-order valence-corrected chi connectivity index (χ3v) is 0.767. The van der Waals surface area contributed by atoms with Crippen LogP contribution in [0, 0.1) is 0 Å². The molecule has 0 heterocycles. The molecule has 0 saturated heterocycles. The Morgan fingerprint density at radius 1 is 1.17 bits per heavy atom. The molecule has 1 rings (SSSR count). The Morgan fingerprint density at radius 3 is 2.17 bits per heavy atom. The predicted molar refractivity (Wildman–Crippen MR) is 27.5 cm³/mol. The molecule has 0 amide bonds. The van der Waals surface area contributed by atoms with Crippen molar-refractivity contribution in [2.24, 2.45) is 0 Å². The topological polar surface area (TPSA) is 0 Å². The molecule has 0 aromatic heterocycles. The first-order chi connectivity index (χ1) is 3.39. The highest BCUT2D eigenvalue weighted by atomic mass is 13.8. The van der Waals surface area contributed by atoms with Crippen LogP contribution in [0.25, 0.3) is 0 Å². The van der Waals surface area contributed by atoms with Crippen LogP contribution in [0.15, 0.2) is 24.3 Å². The third kappa shape index (κ3) is 0.713.